The number of Topliss-reactive ketones (excluding diaryl/α,β-unsaturated/α-hetero) is 1. The fourth-order valence-corrected chi connectivity index (χ4v) is 4.81. The van der Waals surface area contributed by atoms with E-state index in [1.165, 1.54) is 24.3 Å². The van der Waals surface area contributed by atoms with Crippen LogP contribution in [0.15, 0.2) is 47.4 Å². The van der Waals surface area contributed by atoms with E-state index >= 15 is 0 Å². The molecule has 0 atom stereocenters. The average Bonchev–Trinajstić information content (AvgIpc) is 2.53. The zero-order chi connectivity index (χ0) is 18.9. The highest BCUT2D eigenvalue weighted by atomic mass is 35.5. The second-order valence-corrected chi connectivity index (χ2v) is 8.78. The second kappa shape index (κ2) is 7.42. The summed E-state index contributed by atoms with van der Waals surface area (Å²) in [6, 6.07) is 8.34. The molecule has 1 aliphatic heterocycles. The smallest absolute Gasteiger partial charge is 0.178 e. The highest BCUT2D eigenvalue weighted by molar-refractivity contribution is 7.91. The SMILES string of the molecule is O=C(CN1CC(CS(=O)(=O)c2ccc(F)cc2)C1)c1ccc(F)cc1Cl. The summed E-state index contributed by atoms with van der Waals surface area (Å²) in [7, 11) is -3.49. The molecule has 0 aromatic heterocycles. The third-order valence-electron chi connectivity index (χ3n) is 4.26. The minimum atomic E-state index is -3.49. The molecule has 2 aromatic rings. The number of halogens is 3. The van der Waals surface area contributed by atoms with Gasteiger partial charge in [0.25, 0.3) is 0 Å². The summed E-state index contributed by atoms with van der Waals surface area (Å²) in [5.41, 5.74) is 0.246. The number of ketones is 1. The Labute approximate surface area is 155 Å². The molecule has 1 fully saturated rings. The van der Waals surface area contributed by atoms with Crippen LogP contribution in [0.25, 0.3) is 0 Å². The van der Waals surface area contributed by atoms with Gasteiger partial charge in [-0.1, -0.05) is 11.6 Å². The molecule has 3 rings (SSSR count). The van der Waals surface area contributed by atoms with Gasteiger partial charge < -0.3 is 0 Å². The van der Waals surface area contributed by atoms with E-state index in [0.717, 1.165) is 18.2 Å². The number of hydrogen-bond acceptors (Lipinski definition) is 4. The molecule has 1 saturated heterocycles. The van der Waals surface area contributed by atoms with Gasteiger partial charge in [-0.3, -0.25) is 9.69 Å². The van der Waals surface area contributed by atoms with Gasteiger partial charge in [0.1, 0.15) is 11.6 Å². The Kier molecular flexibility index (Phi) is 5.41. The summed E-state index contributed by atoms with van der Waals surface area (Å²) in [4.78, 5) is 14.1. The number of sulfone groups is 1. The Morgan fingerprint density at radius 3 is 2.31 bits per heavy atom. The first-order chi connectivity index (χ1) is 12.2. The van der Waals surface area contributed by atoms with Crippen molar-refractivity contribution in [3.05, 3.63) is 64.7 Å². The molecule has 0 aliphatic carbocycles. The van der Waals surface area contributed by atoms with Crippen molar-refractivity contribution in [2.75, 3.05) is 25.4 Å². The van der Waals surface area contributed by atoms with Crippen LogP contribution in [0.5, 0.6) is 0 Å². The fourth-order valence-electron chi connectivity index (χ4n) is 2.96. The summed E-state index contributed by atoms with van der Waals surface area (Å²) in [5.74, 6) is -1.39. The van der Waals surface area contributed by atoms with Crippen LogP contribution >= 0.6 is 11.6 Å². The predicted octanol–water partition coefficient (Wildman–Crippen LogP) is 3.21. The van der Waals surface area contributed by atoms with Crippen molar-refractivity contribution >= 4 is 27.2 Å². The largest absolute Gasteiger partial charge is 0.295 e. The van der Waals surface area contributed by atoms with Crippen LogP contribution in [0.2, 0.25) is 5.02 Å². The Hall–Kier alpha value is -1.83. The molecule has 2 aromatic carbocycles. The lowest BCUT2D eigenvalue weighted by molar-refractivity contribution is 0.0771. The van der Waals surface area contributed by atoms with E-state index in [9.17, 15) is 22.0 Å². The van der Waals surface area contributed by atoms with E-state index in [2.05, 4.69) is 0 Å². The molecule has 0 saturated carbocycles. The van der Waals surface area contributed by atoms with Crippen molar-refractivity contribution in [2.45, 2.75) is 4.90 Å². The van der Waals surface area contributed by atoms with Crippen LogP contribution in [0, 0.1) is 17.6 Å². The number of nitrogens with zero attached hydrogens (tertiary/aromatic N) is 1. The van der Waals surface area contributed by atoms with Gasteiger partial charge in [-0.2, -0.15) is 0 Å². The maximum absolute atomic E-state index is 13.0. The molecule has 26 heavy (non-hydrogen) atoms. The summed E-state index contributed by atoms with van der Waals surface area (Å²) in [6.07, 6.45) is 0. The normalized spacial score (nSPS) is 15.7. The first kappa shape index (κ1) is 18.9. The molecule has 8 heteroatoms. The highest BCUT2D eigenvalue weighted by Gasteiger charge is 2.33. The van der Waals surface area contributed by atoms with Crippen molar-refractivity contribution in [1.29, 1.82) is 0 Å². The Bertz CT molecular complexity index is 926. The zero-order valence-corrected chi connectivity index (χ0v) is 15.2. The van der Waals surface area contributed by atoms with Crippen molar-refractivity contribution in [3.63, 3.8) is 0 Å². The Morgan fingerprint density at radius 2 is 1.69 bits per heavy atom. The molecule has 4 nitrogen and oxygen atoms in total. The van der Waals surface area contributed by atoms with E-state index < -0.39 is 21.5 Å². The third kappa shape index (κ3) is 4.28. The van der Waals surface area contributed by atoms with Crippen LogP contribution in [0.4, 0.5) is 8.78 Å². The standard InChI is InChI=1S/C18H16ClF2NO3S/c19-17-7-14(21)3-6-16(17)18(23)10-22-8-12(9-22)11-26(24,25)15-4-1-13(20)2-5-15/h1-7,12H,8-11H2. The summed E-state index contributed by atoms with van der Waals surface area (Å²) in [6.45, 7) is 1.02. The van der Waals surface area contributed by atoms with Crippen molar-refractivity contribution in [2.24, 2.45) is 5.92 Å². The summed E-state index contributed by atoms with van der Waals surface area (Å²) < 4.78 is 50.6. The van der Waals surface area contributed by atoms with E-state index in [-0.39, 0.29) is 39.5 Å². The van der Waals surface area contributed by atoms with Gasteiger partial charge in [0.15, 0.2) is 15.6 Å². The van der Waals surface area contributed by atoms with Crippen LogP contribution in [-0.2, 0) is 9.84 Å². The van der Waals surface area contributed by atoms with Gasteiger partial charge in [0.05, 0.1) is 22.2 Å². The van der Waals surface area contributed by atoms with Crippen LogP contribution in [-0.4, -0.2) is 44.5 Å². The fraction of sp³-hybridized carbons (Fsp3) is 0.278. The van der Waals surface area contributed by atoms with Gasteiger partial charge >= 0.3 is 0 Å². The van der Waals surface area contributed by atoms with Gasteiger partial charge in [-0.15, -0.1) is 0 Å². The van der Waals surface area contributed by atoms with Crippen LogP contribution < -0.4 is 0 Å². The first-order valence-electron chi connectivity index (χ1n) is 7.93. The number of carbonyl (C=O) groups excluding carboxylic acids is 1. The van der Waals surface area contributed by atoms with E-state index in [1.807, 2.05) is 4.90 Å². The van der Waals surface area contributed by atoms with Gasteiger partial charge in [0.2, 0.25) is 0 Å². The molecule has 0 spiro atoms. The van der Waals surface area contributed by atoms with Gasteiger partial charge in [-0.25, -0.2) is 17.2 Å². The number of rotatable bonds is 6. The summed E-state index contributed by atoms with van der Waals surface area (Å²) in [5, 5.41) is 0.0611. The Morgan fingerprint density at radius 1 is 1.08 bits per heavy atom. The lowest BCUT2D eigenvalue weighted by Crippen LogP contribution is -2.51. The zero-order valence-electron chi connectivity index (χ0n) is 13.7. The van der Waals surface area contributed by atoms with Crippen LogP contribution in [0.1, 0.15) is 10.4 Å². The molecule has 0 unspecified atom stereocenters. The van der Waals surface area contributed by atoms with Gasteiger partial charge in [0, 0.05) is 18.7 Å². The second-order valence-electron chi connectivity index (χ2n) is 6.34. The molecule has 0 N–H and O–H groups in total. The average molecular weight is 400 g/mol. The number of carbonyl (C=O) groups is 1. The molecular formula is C18H16ClF2NO3S. The number of likely N-dealkylation sites (tertiary alicyclic amines) is 1. The molecule has 0 radical (unpaired) electrons. The van der Waals surface area contributed by atoms with Gasteiger partial charge in [-0.05, 0) is 48.4 Å². The molecule has 138 valence electrons. The van der Waals surface area contributed by atoms with E-state index in [0.29, 0.717) is 13.1 Å². The van der Waals surface area contributed by atoms with E-state index in [4.69, 9.17) is 11.6 Å². The maximum atomic E-state index is 13.0. The molecule has 1 aliphatic rings. The Balaban J connectivity index is 1.54. The maximum Gasteiger partial charge on any atom is 0.178 e. The molecule has 0 amide bonds. The van der Waals surface area contributed by atoms with Crippen molar-refractivity contribution in [1.82, 2.24) is 4.90 Å². The molecule has 1 heterocycles. The van der Waals surface area contributed by atoms with Crippen molar-refractivity contribution in [3.8, 4) is 0 Å². The first-order valence-corrected chi connectivity index (χ1v) is 9.96. The molecular weight excluding hydrogens is 384 g/mol. The van der Waals surface area contributed by atoms with E-state index in [1.54, 1.807) is 0 Å². The number of hydrogen-bond donors (Lipinski definition) is 0. The van der Waals surface area contributed by atoms with Crippen molar-refractivity contribution < 1.29 is 22.0 Å². The monoisotopic (exact) mass is 399 g/mol. The minimum Gasteiger partial charge on any atom is -0.295 e. The van der Waals surface area contributed by atoms with Crippen LogP contribution in [0.3, 0.4) is 0 Å². The lowest BCUT2D eigenvalue weighted by Gasteiger charge is -2.38. The predicted molar refractivity (Wildman–Crippen MR) is 94.1 cm³/mol. The quantitative estimate of drug-likeness (QED) is 0.553. The lowest BCUT2D eigenvalue weighted by atomic mass is 10.0. The topological polar surface area (TPSA) is 54.5 Å². The summed E-state index contributed by atoms with van der Waals surface area (Å²) >= 11 is 5.88. The minimum absolute atomic E-state index is 0.0549. The molecule has 0 bridgehead atoms. The highest BCUT2D eigenvalue weighted by Crippen LogP contribution is 2.23. The number of benzene rings is 2. The third-order valence-corrected chi connectivity index (χ3v) is 6.47.